The maximum atomic E-state index is 9.10. The third-order valence-electron chi connectivity index (χ3n) is 3.06. The minimum atomic E-state index is 0.130. The van der Waals surface area contributed by atoms with Gasteiger partial charge in [0.05, 0.1) is 6.61 Å². The van der Waals surface area contributed by atoms with Crippen molar-refractivity contribution in [1.82, 2.24) is 4.98 Å². The van der Waals surface area contributed by atoms with Gasteiger partial charge in [-0.1, -0.05) is 13.0 Å². The zero-order valence-corrected chi connectivity index (χ0v) is 9.40. The highest BCUT2D eigenvalue weighted by molar-refractivity contribution is 5.49. The van der Waals surface area contributed by atoms with Crippen molar-refractivity contribution in [1.29, 1.82) is 0 Å². The Hall–Kier alpha value is -1.09. The Balaban J connectivity index is 2.35. The first-order valence-corrected chi connectivity index (χ1v) is 5.54. The van der Waals surface area contributed by atoms with Gasteiger partial charge in [0.25, 0.3) is 0 Å². The van der Waals surface area contributed by atoms with Crippen LogP contribution in [-0.4, -0.2) is 30.3 Å². The molecule has 0 saturated carbocycles. The van der Waals surface area contributed by atoms with Crippen LogP contribution in [0.15, 0.2) is 12.1 Å². The second-order valence-electron chi connectivity index (χ2n) is 4.33. The summed E-state index contributed by atoms with van der Waals surface area (Å²) in [5.74, 6) is 1.23. The molecule has 0 amide bonds. The van der Waals surface area contributed by atoms with Crippen LogP contribution in [0.2, 0.25) is 0 Å². The van der Waals surface area contributed by atoms with E-state index in [0.717, 1.165) is 24.5 Å². The third-order valence-corrected chi connectivity index (χ3v) is 3.06. The summed E-state index contributed by atoms with van der Waals surface area (Å²) in [5.41, 5.74) is 2.32. The lowest BCUT2D eigenvalue weighted by atomic mass is 10.0. The highest BCUT2D eigenvalue weighted by Crippen LogP contribution is 2.25. The Morgan fingerprint density at radius 3 is 3.07 bits per heavy atom. The summed E-state index contributed by atoms with van der Waals surface area (Å²) in [5, 5.41) is 9.10. The van der Waals surface area contributed by atoms with E-state index in [9.17, 15) is 0 Å². The number of hydrogen-bond donors (Lipinski definition) is 1. The summed E-state index contributed by atoms with van der Waals surface area (Å²) >= 11 is 0. The standard InChI is InChI=1S/C12H18N2O/c1-9(8-15)11-6-5-10-4-3-7-14(2)12(10)13-11/h5-6,9,15H,3-4,7-8H2,1-2H3. The maximum Gasteiger partial charge on any atom is 0.131 e. The third kappa shape index (κ3) is 1.97. The smallest absolute Gasteiger partial charge is 0.131 e. The van der Waals surface area contributed by atoms with Crippen LogP contribution >= 0.6 is 0 Å². The summed E-state index contributed by atoms with van der Waals surface area (Å²) in [4.78, 5) is 6.83. The van der Waals surface area contributed by atoms with E-state index in [4.69, 9.17) is 5.11 Å². The number of aryl methyl sites for hydroxylation is 1. The molecule has 0 fully saturated rings. The van der Waals surface area contributed by atoms with Gasteiger partial charge in [-0.15, -0.1) is 0 Å². The lowest BCUT2D eigenvalue weighted by molar-refractivity contribution is 0.271. The Morgan fingerprint density at radius 1 is 1.53 bits per heavy atom. The van der Waals surface area contributed by atoms with E-state index in [1.54, 1.807) is 0 Å². The van der Waals surface area contributed by atoms with Crippen molar-refractivity contribution in [2.24, 2.45) is 0 Å². The fourth-order valence-corrected chi connectivity index (χ4v) is 2.00. The van der Waals surface area contributed by atoms with Crippen LogP contribution in [0.4, 0.5) is 5.82 Å². The van der Waals surface area contributed by atoms with Crippen LogP contribution in [0.25, 0.3) is 0 Å². The molecular weight excluding hydrogens is 188 g/mol. The van der Waals surface area contributed by atoms with Gasteiger partial charge < -0.3 is 10.0 Å². The predicted molar refractivity (Wildman–Crippen MR) is 61.3 cm³/mol. The van der Waals surface area contributed by atoms with Crippen molar-refractivity contribution < 1.29 is 5.11 Å². The lowest BCUT2D eigenvalue weighted by Crippen LogP contribution is -2.26. The van der Waals surface area contributed by atoms with Gasteiger partial charge in [-0.2, -0.15) is 0 Å². The molecule has 2 heterocycles. The Bertz CT molecular complexity index is 351. The SMILES string of the molecule is CC(CO)c1ccc2c(n1)N(C)CCC2. The van der Waals surface area contributed by atoms with Gasteiger partial charge in [0.1, 0.15) is 5.82 Å². The Labute approximate surface area is 90.8 Å². The molecule has 3 heteroatoms. The number of anilines is 1. The fourth-order valence-electron chi connectivity index (χ4n) is 2.00. The topological polar surface area (TPSA) is 36.4 Å². The van der Waals surface area contributed by atoms with Crippen molar-refractivity contribution in [3.63, 3.8) is 0 Å². The van der Waals surface area contributed by atoms with Gasteiger partial charge in [0.2, 0.25) is 0 Å². The number of aliphatic hydroxyl groups excluding tert-OH is 1. The highest BCUT2D eigenvalue weighted by Gasteiger charge is 2.16. The maximum absolute atomic E-state index is 9.10. The van der Waals surface area contributed by atoms with Gasteiger partial charge in [0, 0.05) is 25.2 Å². The molecule has 1 unspecified atom stereocenters. The van der Waals surface area contributed by atoms with E-state index in [2.05, 4.69) is 23.0 Å². The summed E-state index contributed by atoms with van der Waals surface area (Å²) in [6.45, 7) is 3.24. The molecule has 1 atom stereocenters. The van der Waals surface area contributed by atoms with Crippen molar-refractivity contribution in [2.45, 2.75) is 25.7 Å². The average Bonchev–Trinajstić information content (AvgIpc) is 2.28. The minimum absolute atomic E-state index is 0.130. The van der Waals surface area contributed by atoms with Crippen LogP contribution < -0.4 is 4.90 Å². The molecule has 1 aliphatic heterocycles. The largest absolute Gasteiger partial charge is 0.396 e. The van der Waals surface area contributed by atoms with E-state index in [0.29, 0.717) is 0 Å². The van der Waals surface area contributed by atoms with Crippen molar-refractivity contribution in [3.8, 4) is 0 Å². The number of pyridine rings is 1. The van der Waals surface area contributed by atoms with E-state index < -0.39 is 0 Å². The summed E-state index contributed by atoms with van der Waals surface area (Å²) in [7, 11) is 2.08. The van der Waals surface area contributed by atoms with Crippen molar-refractivity contribution in [3.05, 3.63) is 23.4 Å². The molecule has 1 N–H and O–H groups in total. The molecule has 1 aromatic rings. The van der Waals surface area contributed by atoms with Crippen LogP contribution in [0.3, 0.4) is 0 Å². The molecule has 0 aromatic carbocycles. The second kappa shape index (κ2) is 4.19. The normalized spacial score (nSPS) is 17.4. The van der Waals surface area contributed by atoms with Crippen LogP contribution in [-0.2, 0) is 6.42 Å². The molecule has 15 heavy (non-hydrogen) atoms. The average molecular weight is 206 g/mol. The monoisotopic (exact) mass is 206 g/mol. The van der Waals surface area contributed by atoms with E-state index >= 15 is 0 Å². The van der Waals surface area contributed by atoms with Gasteiger partial charge >= 0.3 is 0 Å². The predicted octanol–water partition coefficient (Wildman–Crippen LogP) is 1.56. The number of nitrogens with zero attached hydrogens (tertiary/aromatic N) is 2. The minimum Gasteiger partial charge on any atom is -0.396 e. The van der Waals surface area contributed by atoms with Crippen LogP contribution in [0, 0.1) is 0 Å². The lowest BCUT2D eigenvalue weighted by Gasteiger charge is -2.27. The molecular formula is C12H18N2O. The first kappa shape index (κ1) is 10.4. The number of aromatic nitrogens is 1. The number of fused-ring (bicyclic) bond motifs is 1. The zero-order valence-electron chi connectivity index (χ0n) is 9.40. The zero-order chi connectivity index (χ0) is 10.8. The summed E-state index contributed by atoms with van der Waals surface area (Å²) in [6, 6.07) is 4.19. The first-order chi connectivity index (χ1) is 7.22. The molecule has 82 valence electrons. The second-order valence-corrected chi connectivity index (χ2v) is 4.33. The van der Waals surface area contributed by atoms with Gasteiger partial charge in [0.15, 0.2) is 0 Å². The molecule has 1 aromatic heterocycles. The number of hydrogen-bond acceptors (Lipinski definition) is 3. The van der Waals surface area contributed by atoms with Crippen LogP contribution in [0.1, 0.15) is 30.5 Å². The molecule has 3 nitrogen and oxygen atoms in total. The van der Waals surface area contributed by atoms with Crippen molar-refractivity contribution in [2.75, 3.05) is 25.1 Å². The molecule has 0 saturated heterocycles. The fraction of sp³-hybridized carbons (Fsp3) is 0.583. The van der Waals surface area contributed by atoms with Gasteiger partial charge in [-0.05, 0) is 24.5 Å². The molecule has 0 spiro atoms. The summed E-state index contributed by atoms with van der Waals surface area (Å²) in [6.07, 6.45) is 2.33. The molecule has 0 radical (unpaired) electrons. The Morgan fingerprint density at radius 2 is 2.33 bits per heavy atom. The van der Waals surface area contributed by atoms with E-state index in [1.165, 1.54) is 12.0 Å². The Kier molecular flexibility index (Phi) is 2.91. The van der Waals surface area contributed by atoms with E-state index in [1.807, 2.05) is 13.0 Å². The molecule has 2 rings (SSSR count). The van der Waals surface area contributed by atoms with Crippen molar-refractivity contribution >= 4 is 5.82 Å². The number of rotatable bonds is 2. The summed E-state index contributed by atoms with van der Waals surface area (Å²) < 4.78 is 0. The molecule has 0 aliphatic carbocycles. The molecule has 1 aliphatic rings. The number of aliphatic hydroxyl groups is 1. The quantitative estimate of drug-likeness (QED) is 0.797. The van der Waals surface area contributed by atoms with Crippen LogP contribution in [0.5, 0.6) is 0 Å². The highest BCUT2D eigenvalue weighted by atomic mass is 16.3. The van der Waals surface area contributed by atoms with Gasteiger partial charge in [-0.3, -0.25) is 0 Å². The molecule has 0 bridgehead atoms. The first-order valence-electron chi connectivity index (χ1n) is 5.54. The van der Waals surface area contributed by atoms with E-state index in [-0.39, 0.29) is 12.5 Å². The van der Waals surface area contributed by atoms with Gasteiger partial charge in [-0.25, -0.2) is 4.98 Å².